The monoisotopic (exact) mass is 562 g/mol. The third kappa shape index (κ3) is 11.5. The molecular formula is C30H42N8O3. The van der Waals surface area contributed by atoms with Crippen LogP contribution in [0.2, 0.25) is 0 Å². The van der Waals surface area contributed by atoms with E-state index in [2.05, 4.69) is 20.9 Å². The summed E-state index contributed by atoms with van der Waals surface area (Å²) in [5, 5.41) is 16.3. The van der Waals surface area contributed by atoms with Crippen molar-refractivity contribution in [2.75, 3.05) is 17.6 Å². The molecule has 220 valence electrons. The maximum absolute atomic E-state index is 12.9. The number of nitrogen functional groups attached to an aromatic ring is 2. The molecule has 2 aromatic rings. The molecule has 2 rings (SSSR count). The summed E-state index contributed by atoms with van der Waals surface area (Å²) >= 11 is 0. The standard InChI is InChI=1S/C30H42N8O3/c1-19(2)36-20(3)34-16-26(23-11-24(31)13-25(12-23)37-27(40)14-30(4,5)6)38(18-39)17-28(41)35-15-21-7-9-22(10-8-21)29(32)33/h7-13,16,18-19H,14-15,17,31H2,1-6H3,(H3,32,33)(H,34,36)(H,35,41)(H,37,40)/b26-16-. The minimum atomic E-state index is -0.395. The zero-order chi connectivity index (χ0) is 30.7. The highest BCUT2D eigenvalue weighted by Gasteiger charge is 2.19. The first-order chi connectivity index (χ1) is 19.2. The van der Waals surface area contributed by atoms with Crippen LogP contribution in [0, 0.1) is 10.8 Å². The third-order valence-corrected chi connectivity index (χ3v) is 5.60. The van der Waals surface area contributed by atoms with Crippen LogP contribution in [0.5, 0.6) is 0 Å². The van der Waals surface area contributed by atoms with E-state index in [0.717, 1.165) is 5.56 Å². The summed E-state index contributed by atoms with van der Waals surface area (Å²) in [7, 11) is 0. The molecule has 11 heteroatoms. The molecule has 0 saturated heterocycles. The Labute approximate surface area is 242 Å². The normalized spacial score (nSPS) is 12.1. The number of rotatable bonds is 12. The Morgan fingerprint density at radius 1 is 1.07 bits per heavy atom. The van der Waals surface area contributed by atoms with Crippen LogP contribution in [-0.2, 0) is 20.9 Å². The van der Waals surface area contributed by atoms with Gasteiger partial charge in [-0.2, -0.15) is 0 Å². The van der Waals surface area contributed by atoms with Crippen molar-refractivity contribution in [2.24, 2.45) is 16.1 Å². The van der Waals surface area contributed by atoms with Crippen LogP contribution in [0.25, 0.3) is 5.70 Å². The molecule has 3 amide bonds. The lowest BCUT2D eigenvalue weighted by atomic mass is 9.92. The summed E-state index contributed by atoms with van der Waals surface area (Å²) in [6, 6.07) is 12.0. The molecule has 8 N–H and O–H groups in total. The number of nitrogens with one attached hydrogen (secondary N) is 4. The van der Waals surface area contributed by atoms with Gasteiger partial charge in [-0.25, -0.2) is 0 Å². The molecule has 0 heterocycles. The van der Waals surface area contributed by atoms with Gasteiger partial charge in [0.2, 0.25) is 18.2 Å². The Morgan fingerprint density at radius 2 is 1.73 bits per heavy atom. The number of nitrogens with two attached hydrogens (primary N) is 2. The van der Waals surface area contributed by atoms with Crippen LogP contribution in [0.3, 0.4) is 0 Å². The number of carbonyl (C=O) groups excluding carboxylic acids is 3. The predicted octanol–water partition coefficient (Wildman–Crippen LogP) is 3.42. The van der Waals surface area contributed by atoms with Crippen LogP contribution in [0.15, 0.2) is 53.7 Å². The van der Waals surface area contributed by atoms with Crippen molar-refractivity contribution in [3.05, 3.63) is 65.4 Å². The molecule has 0 atom stereocenters. The van der Waals surface area contributed by atoms with Crippen LogP contribution in [0.4, 0.5) is 11.4 Å². The van der Waals surface area contributed by atoms with Gasteiger partial charge in [-0.15, -0.1) is 0 Å². The zero-order valence-corrected chi connectivity index (χ0v) is 24.7. The largest absolute Gasteiger partial charge is 0.399 e. The van der Waals surface area contributed by atoms with Gasteiger partial charge in [-0.05, 0) is 49.9 Å². The molecule has 41 heavy (non-hydrogen) atoms. The molecule has 0 aliphatic carbocycles. The maximum Gasteiger partial charge on any atom is 0.240 e. The fraction of sp³-hybridized carbons (Fsp3) is 0.367. The Kier molecular flexibility index (Phi) is 11.6. The number of hydrogen-bond acceptors (Lipinski definition) is 6. The average Bonchev–Trinajstić information content (AvgIpc) is 2.85. The molecule has 0 aromatic heterocycles. The third-order valence-electron chi connectivity index (χ3n) is 5.60. The first-order valence-electron chi connectivity index (χ1n) is 13.3. The van der Waals surface area contributed by atoms with Gasteiger partial charge in [-0.1, -0.05) is 45.0 Å². The Balaban J connectivity index is 2.32. The molecule has 11 nitrogen and oxygen atoms in total. The fourth-order valence-corrected chi connectivity index (χ4v) is 3.88. The lowest BCUT2D eigenvalue weighted by Gasteiger charge is -2.23. The number of carbonyl (C=O) groups is 3. The summed E-state index contributed by atoms with van der Waals surface area (Å²) in [5.41, 5.74) is 14.6. The van der Waals surface area contributed by atoms with Gasteiger partial charge in [0.15, 0.2) is 0 Å². The van der Waals surface area contributed by atoms with Crippen LogP contribution in [0.1, 0.15) is 64.7 Å². The summed E-state index contributed by atoms with van der Waals surface area (Å²) in [4.78, 5) is 43.4. The molecule has 0 saturated carbocycles. The SMILES string of the molecule is CC(=NC(C)C)N/C=C(/c1cc(N)cc(NC(=O)CC(C)(C)C)c1)N(C=O)CC(=O)NCc1ccc(C(=N)N)cc1. The molecule has 0 aliphatic rings. The van der Waals surface area contributed by atoms with E-state index >= 15 is 0 Å². The van der Waals surface area contributed by atoms with Crippen molar-refractivity contribution in [1.29, 1.82) is 5.41 Å². The number of hydrogen-bond donors (Lipinski definition) is 6. The smallest absolute Gasteiger partial charge is 0.240 e. The first kappa shape index (κ1) is 32.5. The predicted molar refractivity (Wildman–Crippen MR) is 165 cm³/mol. The van der Waals surface area contributed by atoms with Crippen molar-refractivity contribution in [3.8, 4) is 0 Å². The second-order valence-electron chi connectivity index (χ2n) is 11.2. The lowest BCUT2D eigenvalue weighted by Crippen LogP contribution is -2.36. The molecule has 0 unspecified atom stereocenters. The number of anilines is 2. The van der Waals surface area contributed by atoms with Crippen molar-refractivity contribution < 1.29 is 14.4 Å². The van der Waals surface area contributed by atoms with Gasteiger partial charge >= 0.3 is 0 Å². The number of amidine groups is 2. The minimum absolute atomic E-state index is 0.0395. The highest BCUT2D eigenvalue weighted by Crippen LogP contribution is 2.26. The molecule has 0 bridgehead atoms. The Bertz CT molecular complexity index is 1310. The second kappa shape index (κ2) is 14.6. The fourth-order valence-electron chi connectivity index (χ4n) is 3.88. The molecular weight excluding hydrogens is 520 g/mol. The van der Waals surface area contributed by atoms with Gasteiger partial charge in [-0.3, -0.25) is 24.8 Å². The number of aliphatic imine (C=N–C) groups is 1. The van der Waals surface area contributed by atoms with Crippen molar-refractivity contribution >= 4 is 47.0 Å². The highest BCUT2D eigenvalue weighted by molar-refractivity contribution is 5.95. The van der Waals surface area contributed by atoms with Crippen molar-refractivity contribution in [2.45, 2.75) is 60.5 Å². The van der Waals surface area contributed by atoms with Gasteiger partial charge in [0, 0.05) is 47.7 Å². The summed E-state index contributed by atoms with van der Waals surface area (Å²) in [6.45, 7) is 11.5. The first-order valence-corrected chi connectivity index (χ1v) is 13.3. The molecule has 0 radical (unpaired) electrons. The molecule has 0 fully saturated rings. The minimum Gasteiger partial charge on any atom is -0.399 e. The van der Waals surface area contributed by atoms with Gasteiger partial charge in [0.05, 0.1) is 11.5 Å². The molecule has 0 aliphatic heterocycles. The van der Waals surface area contributed by atoms with Gasteiger partial charge in [0.1, 0.15) is 12.4 Å². The van der Waals surface area contributed by atoms with Crippen LogP contribution >= 0.6 is 0 Å². The zero-order valence-electron chi connectivity index (χ0n) is 24.7. The number of nitrogens with zero attached hydrogens (tertiary/aromatic N) is 2. The summed E-state index contributed by atoms with van der Waals surface area (Å²) < 4.78 is 0. The van der Waals surface area contributed by atoms with Crippen molar-refractivity contribution in [3.63, 3.8) is 0 Å². The molecule has 0 spiro atoms. The maximum atomic E-state index is 12.9. The van der Waals surface area contributed by atoms with Crippen molar-refractivity contribution in [1.82, 2.24) is 15.5 Å². The molecule has 2 aromatic carbocycles. The van der Waals surface area contributed by atoms with Crippen LogP contribution in [-0.4, -0.2) is 47.4 Å². The van der Waals surface area contributed by atoms with E-state index < -0.39 is 5.91 Å². The van der Waals surface area contributed by atoms with Crippen LogP contribution < -0.4 is 27.4 Å². The van der Waals surface area contributed by atoms with E-state index in [1.54, 1.807) is 55.6 Å². The van der Waals surface area contributed by atoms with E-state index in [9.17, 15) is 14.4 Å². The number of amides is 3. The average molecular weight is 563 g/mol. The highest BCUT2D eigenvalue weighted by atomic mass is 16.2. The quantitative estimate of drug-likeness (QED) is 0.0998. The van der Waals surface area contributed by atoms with E-state index in [1.807, 2.05) is 34.6 Å². The van der Waals surface area contributed by atoms with Gasteiger partial charge < -0.3 is 32.3 Å². The van der Waals surface area contributed by atoms with E-state index in [-0.39, 0.29) is 36.3 Å². The lowest BCUT2D eigenvalue weighted by molar-refractivity contribution is -0.126. The topological polar surface area (TPSA) is 179 Å². The van der Waals surface area contributed by atoms with E-state index in [1.165, 1.54) is 4.90 Å². The Morgan fingerprint density at radius 3 is 2.29 bits per heavy atom. The summed E-state index contributed by atoms with van der Waals surface area (Å²) in [6.07, 6.45) is 2.45. The van der Waals surface area contributed by atoms with E-state index in [4.69, 9.17) is 16.9 Å². The Hall–Kier alpha value is -4.67. The second-order valence-corrected chi connectivity index (χ2v) is 11.2. The van der Waals surface area contributed by atoms with Gasteiger partial charge in [0.25, 0.3) is 0 Å². The van der Waals surface area contributed by atoms with E-state index in [0.29, 0.717) is 46.9 Å². The number of benzene rings is 2. The summed E-state index contributed by atoms with van der Waals surface area (Å²) in [5.74, 6) is 0.0149.